The van der Waals surface area contributed by atoms with Crippen LogP contribution in [0.4, 0.5) is 0 Å². The summed E-state index contributed by atoms with van der Waals surface area (Å²) in [4.78, 5) is 17.6. The molecular formula is C18H18BrN3O2S. The molecule has 0 aliphatic carbocycles. The monoisotopic (exact) mass is 419 g/mol. The van der Waals surface area contributed by atoms with Gasteiger partial charge in [0.1, 0.15) is 6.04 Å². The zero-order valence-electron chi connectivity index (χ0n) is 13.9. The predicted molar refractivity (Wildman–Crippen MR) is 101 cm³/mol. The van der Waals surface area contributed by atoms with Gasteiger partial charge >= 0.3 is 0 Å². The maximum Gasteiger partial charge on any atom is 0.262 e. The lowest BCUT2D eigenvalue weighted by atomic mass is 9.99. The van der Waals surface area contributed by atoms with Crippen molar-refractivity contribution < 1.29 is 9.32 Å². The molecule has 3 aromatic rings. The number of carbonyl (C=O) groups excluding carboxylic acids is 1. The highest BCUT2D eigenvalue weighted by Crippen LogP contribution is 2.27. The van der Waals surface area contributed by atoms with Crippen LogP contribution in [-0.2, 0) is 0 Å². The summed E-state index contributed by atoms with van der Waals surface area (Å²) in [7, 11) is 0. The fraction of sp³-hybridized carbons (Fsp3) is 0.278. The first-order valence-corrected chi connectivity index (χ1v) is 9.69. The van der Waals surface area contributed by atoms with Crippen LogP contribution in [0, 0.1) is 5.92 Å². The number of nitrogens with zero attached hydrogens (tertiary/aromatic N) is 2. The van der Waals surface area contributed by atoms with Crippen molar-refractivity contribution in [1.82, 2.24) is 15.5 Å². The molecule has 0 saturated carbocycles. The summed E-state index contributed by atoms with van der Waals surface area (Å²) in [6.45, 7) is 4.13. The number of benzene rings is 1. The van der Waals surface area contributed by atoms with Gasteiger partial charge in [-0.3, -0.25) is 4.79 Å². The first-order chi connectivity index (χ1) is 12.1. The van der Waals surface area contributed by atoms with Gasteiger partial charge in [0.15, 0.2) is 0 Å². The molecule has 2 aromatic heterocycles. The van der Waals surface area contributed by atoms with Gasteiger partial charge < -0.3 is 9.84 Å². The van der Waals surface area contributed by atoms with Crippen molar-refractivity contribution in [2.24, 2.45) is 5.92 Å². The maximum absolute atomic E-state index is 12.4. The minimum absolute atomic E-state index is 0.122. The highest BCUT2D eigenvalue weighted by molar-refractivity contribution is 9.10. The first-order valence-electron chi connectivity index (χ1n) is 8.02. The third-order valence-corrected chi connectivity index (χ3v) is 5.45. The second kappa shape index (κ2) is 7.93. The quantitative estimate of drug-likeness (QED) is 0.604. The van der Waals surface area contributed by atoms with Crippen molar-refractivity contribution >= 4 is 33.2 Å². The van der Waals surface area contributed by atoms with Crippen LogP contribution in [0.1, 0.15) is 41.9 Å². The van der Waals surface area contributed by atoms with Crippen LogP contribution in [0.5, 0.6) is 0 Å². The smallest absolute Gasteiger partial charge is 0.262 e. The van der Waals surface area contributed by atoms with Crippen molar-refractivity contribution in [3.63, 3.8) is 0 Å². The van der Waals surface area contributed by atoms with E-state index in [1.807, 2.05) is 35.7 Å². The van der Waals surface area contributed by atoms with Gasteiger partial charge in [0.2, 0.25) is 11.7 Å². The fourth-order valence-electron chi connectivity index (χ4n) is 2.38. The minimum atomic E-state index is -0.323. The van der Waals surface area contributed by atoms with Crippen LogP contribution in [0.2, 0.25) is 0 Å². The molecule has 130 valence electrons. The molecule has 0 saturated heterocycles. The number of hydrogen-bond donors (Lipinski definition) is 1. The largest absolute Gasteiger partial charge is 0.339 e. The van der Waals surface area contributed by atoms with Crippen molar-refractivity contribution in [1.29, 1.82) is 0 Å². The Balaban J connectivity index is 1.84. The van der Waals surface area contributed by atoms with Crippen LogP contribution in [0.15, 0.2) is 50.8 Å². The molecule has 1 amide bonds. The van der Waals surface area contributed by atoms with E-state index in [1.54, 1.807) is 6.07 Å². The zero-order valence-corrected chi connectivity index (χ0v) is 16.3. The highest BCUT2D eigenvalue weighted by Gasteiger charge is 2.27. The Hall–Kier alpha value is -1.99. The van der Waals surface area contributed by atoms with E-state index < -0.39 is 0 Å². The van der Waals surface area contributed by atoms with Crippen molar-refractivity contribution in [3.8, 4) is 11.4 Å². The van der Waals surface area contributed by atoms with E-state index in [2.05, 4.69) is 45.2 Å². The minimum Gasteiger partial charge on any atom is -0.339 e. The molecule has 0 fully saturated rings. The number of halogens is 1. The zero-order chi connectivity index (χ0) is 17.8. The van der Waals surface area contributed by atoms with Gasteiger partial charge in [0, 0.05) is 10.0 Å². The first kappa shape index (κ1) is 17.8. The average Bonchev–Trinajstić information content (AvgIpc) is 3.31. The lowest BCUT2D eigenvalue weighted by molar-refractivity contribution is 0.0914. The summed E-state index contributed by atoms with van der Waals surface area (Å²) in [6.07, 6.45) is 0.880. The van der Waals surface area contributed by atoms with Crippen molar-refractivity contribution in [2.75, 3.05) is 0 Å². The summed E-state index contributed by atoms with van der Waals surface area (Å²) in [5.74, 6) is 0.990. The third kappa shape index (κ3) is 4.16. The number of aromatic nitrogens is 2. The van der Waals surface area contributed by atoms with E-state index in [1.165, 1.54) is 11.3 Å². The summed E-state index contributed by atoms with van der Waals surface area (Å²) in [5, 5.41) is 8.98. The van der Waals surface area contributed by atoms with E-state index in [9.17, 15) is 4.79 Å². The standard InChI is InChI=1S/C18H18BrN3O2S/c1-3-11(2)15(20-17(23)14-5-4-10-25-14)18-21-16(22-24-18)12-6-8-13(19)9-7-12/h4-11,15H,3H2,1-2H3,(H,20,23). The summed E-state index contributed by atoms with van der Waals surface area (Å²) in [5.41, 5.74) is 0.866. The second-order valence-electron chi connectivity index (χ2n) is 5.78. The lowest BCUT2D eigenvalue weighted by Crippen LogP contribution is -2.32. The van der Waals surface area contributed by atoms with Crippen LogP contribution in [0.25, 0.3) is 11.4 Å². The average molecular weight is 420 g/mol. The summed E-state index contributed by atoms with van der Waals surface area (Å²) < 4.78 is 6.46. The molecule has 2 heterocycles. The molecule has 0 bridgehead atoms. The molecule has 0 spiro atoms. The number of amides is 1. The Kier molecular flexibility index (Phi) is 5.65. The summed E-state index contributed by atoms with van der Waals surface area (Å²) in [6, 6.07) is 11.0. The highest BCUT2D eigenvalue weighted by atomic mass is 79.9. The molecule has 1 aromatic carbocycles. The Morgan fingerprint density at radius 1 is 1.32 bits per heavy atom. The molecule has 2 unspecified atom stereocenters. The number of rotatable bonds is 6. The van der Waals surface area contributed by atoms with Crippen LogP contribution >= 0.6 is 27.3 Å². The summed E-state index contributed by atoms with van der Waals surface area (Å²) >= 11 is 4.82. The van der Waals surface area contributed by atoms with Gasteiger partial charge in [-0.25, -0.2) is 0 Å². The molecular weight excluding hydrogens is 402 g/mol. The van der Waals surface area contributed by atoms with Gasteiger partial charge in [0.05, 0.1) is 4.88 Å². The Labute approximate surface area is 158 Å². The normalized spacial score (nSPS) is 13.4. The predicted octanol–water partition coefficient (Wildman–Crippen LogP) is 5.08. The number of carbonyl (C=O) groups is 1. The van der Waals surface area contributed by atoms with Crippen LogP contribution in [0.3, 0.4) is 0 Å². The molecule has 25 heavy (non-hydrogen) atoms. The van der Waals surface area contributed by atoms with Gasteiger partial charge in [-0.1, -0.05) is 47.4 Å². The maximum atomic E-state index is 12.4. The number of hydrogen-bond acceptors (Lipinski definition) is 5. The SMILES string of the molecule is CCC(C)C(NC(=O)c1cccs1)c1nc(-c2ccc(Br)cc2)no1. The fourth-order valence-corrected chi connectivity index (χ4v) is 3.27. The van der Waals surface area contributed by atoms with Gasteiger partial charge in [-0.2, -0.15) is 4.98 Å². The molecule has 3 rings (SSSR count). The molecule has 0 aliphatic heterocycles. The van der Waals surface area contributed by atoms with Crippen LogP contribution in [-0.4, -0.2) is 16.0 Å². The van der Waals surface area contributed by atoms with E-state index in [0.717, 1.165) is 16.5 Å². The molecule has 0 radical (unpaired) electrons. The van der Waals surface area contributed by atoms with Gasteiger partial charge in [-0.05, 0) is 41.6 Å². The molecule has 1 N–H and O–H groups in total. The Morgan fingerprint density at radius 2 is 2.08 bits per heavy atom. The molecule has 5 nitrogen and oxygen atoms in total. The molecule has 0 aliphatic rings. The van der Waals surface area contributed by atoms with E-state index >= 15 is 0 Å². The number of nitrogens with one attached hydrogen (secondary N) is 1. The lowest BCUT2D eigenvalue weighted by Gasteiger charge is -2.20. The molecule has 2 atom stereocenters. The molecule has 7 heteroatoms. The van der Waals surface area contributed by atoms with E-state index in [4.69, 9.17) is 4.52 Å². The van der Waals surface area contributed by atoms with Crippen molar-refractivity contribution in [2.45, 2.75) is 26.3 Å². The van der Waals surface area contributed by atoms with Crippen LogP contribution < -0.4 is 5.32 Å². The second-order valence-corrected chi connectivity index (χ2v) is 7.64. The topological polar surface area (TPSA) is 68.0 Å². The Morgan fingerprint density at radius 3 is 2.72 bits per heavy atom. The number of thiophene rings is 1. The Bertz CT molecular complexity index is 830. The van der Waals surface area contributed by atoms with Gasteiger partial charge in [-0.15, -0.1) is 11.3 Å². The van der Waals surface area contributed by atoms with Crippen molar-refractivity contribution in [3.05, 3.63) is 57.0 Å². The van der Waals surface area contributed by atoms with E-state index in [0.29, 0.717) is 16.6 Å². The van der Waals surface area contributed by atoms with E-state index in [-0.39, 0.29) is 17.9 Å². The van der Waals surface area contributed by atoms with Gasteiger partial charge in [0.25, 0.3) is 5.91 Å². The third-order valence-electron chi connectivity index (χ3n) is 4.05.